The molecule has 0 radical (unpaired) electrons. The zero-order valence-corrected chi connectivity index (χ0v) is 12.6. The van der Waals surface area contributed by atoms with Gasteiger partial charge in [-0.25, -0.2) is 0 Å². The molecular weight excluding hydrogens is 238 g/mol. The number of rotatable bonds is 8. The molecule has 3 heteroatoms. The van der Waals surface area contributed by atoms with Gasteiger partial charge >= 0.3 is 0 Å². The van der Waals surface area contributed by atoms with Gasteiger partial charge in [0.2, 0.25) is 0 Å². The molecule has 1 aromatic carbocycles. The van der Waals surface area contributed by atoms with Crippen LogP contribution < -0.4 is 10.1 Å². The van der Waals surface area contributed by atoms with Crippen LogP contribution in [-0.4, -0.2) is 30.4 Å². The van der Waals surface area contributed by atoms with Crippen molar-refractivity contribution in [1.82, 2.24) is 5.32 Å². The highest BCUT2D eigenvalue weighted by atomic mass is 16.5. The molecule has 0 aromatic heterocycles. The lowest BCUT2D eigenvalue weighted by molar-refractivity contribution is 0.0494. The molecule has 1 aromatic rings. The van der Waals surface area contributed by atoms with Gasteiger partial charge in [0, 0.05) is 13.1 Å². The molecule has 0 aliphatic heterocycles. The van der Waals surface area contributed by atoms with Crippen LogP contribution in [0.2, 0.25) is 0 Å². The molecule has 19 heavy (non-hydrogen) atoms. The van der Waals surface area contributed by atoms with Crippen molar-refractivity contribution in [2.24, 2.45) is 0 Å². The Balaban J connectivity index is 2.22. The molecular formula is C16H27NO2. The average Bonchev–Trinajstić information content (AvgIpc) is 2.33. The van der Waals surface area contributed by atoms with Gasteiger partial charge in [0.05, 0.1) is 5.60 Å². The van der Waals surface area contributed by atoms with E-state index in [0.717, 1.165) is 25.1 Å². The third-order valence-corrected chi connectivity index (χ3v) is 3.32. The molecule has 0 spiro atoms. The lowest BCUT2D eigenvalue weighted by Gasteiger charge is -2.23. The van der Waals surface area contributed by atoms with Gasteiger partial charge < -0.3 is 15.2 Å². The van der Waals surface area contributed by atoms with Crippen LogP contribution in [0.1, 0.15) is 37.8 Å². The Morgan fingerprint density at radius 1 is 1.26 bits per heavy atom. The summed E-state index contributed by atoms with van der Waals surface area (Å²) < 4.78 is 5.67. The van der Waals surface area contributed by atoms with Crippen molar-refractivity contribution in [3.63, 3.8) is 0 Å². The maximum atomic E-state index is 9.99. The molecule has 0 unspecified atom stereocenters. The van der Waals surface area contributed by atoms with Gasteiger partial charge in [-0.15, -0.1) is 0 Å². The standard InChI is InChI=1S/C16H27NO2/c1-5-8-16(4,18)12-17-9-10-19-15-7-6-13(2)14(3)11-15/h6-7,11,17-18H,5,8-10,12H2,1-4H3/t16-/m1/s1. The maximum absolute atomic E-state index is 9.99. The summed E-state index contributed by atoms with van der Waals surface area (Å²) in [6.07, 6.45) is 1.81. The SMILES string of the molecule is CCC[C@@](C)(O)CNCCOc1ccc(C)c(C)c1. The molecule has 0 saturated heterocycles. The third kappa shape index (κ3) is 6.08. The molecule has 2 N–H and O–H groups in total. The molecule has 0 heterocycles. The Morgan fingerprint density at radius 3 is 2.63 bits per heavy atom. The molecule has 0 saturated carbocycles. The predicted octanol–water partition coefficient (Wildman–Crippen LogP) is 2.82. The minimum atomic E-state index is -0.616. The maximum Gasteiger partial charge on any atom is 0.119 e. The first kappa shape index (κ1) is 16.0. The largest absolute Gasteiger partial charge is 0.492 e. The van der Waals surface area contributed by atoms with Crippen LogP contribution >= 0.6 is 0 Å². The summed E-state index contributed by atoms with van der Waals surface area (Å²) in [5.41, 5.74) is 1.91. The zero-order chi connectivity index (χ0) is 14.3. The minimum Gasteiger partial charge on any atom is -0.492 e. The Kier molecular flexibility index (Phi) is 6.32. The Morgan fingerprint density at radius 2 is 2.00 bits per heavy atom. The summed E-state index contributed by atoms with van der Waals surface area (Å²) in [7, 11) is 0. The van der Waals surface area contributed by atoms with E-state index < -0.39 is 5.60 Å². The second-order valence-electron chi connectivity index (χ2n) is 5.52. The molecule has 1 atom stereocenters. The van der Waals surface area contributed by atoms with E-state index in [1.807, 2.05) is 13.0 Å². The summed E-state index contributed by atoms with van der Waals surface area (Å²) >= 11 is 0. The van der Waals surface area contributed by atoms with E-state index in [-0.39, 0.29) is 0 Å². The summed E-state index contributed by atoms with van der Waals surface area (Å²) in [6, 6.07) is 6.13. The van der Waals surface area contributed by atoms with Crippen molar-refractivity contribution in [2.75, 3.05) is 19.7 Å². The monoisotopic (exact) mass is 265 g/mol. The van der Waals surface area contributed by atoms with E-state index >= 15 is 0 Å². The minimum absolute atomic E-state index is 0.608. The molecule has 3 nitrogen and oxygen atoms in total. The quantitative estimate of drug-likeness (QED) is 0.710. The van der Waals surface area contributed by atoms with Gasteiger partial charge in [-0.3, -0.25) is 0 Å². The first-order chi connectivity index (χ1) is 8.94. The van der Waals surface area contributed by atoms with Crippen LogP contribution in [0.25, 0.3) is 0 Å². The zero-order valence-electron chi connectivity index (χ0n) is 12.6. The molecule has 0 fully saturated rings. The number of aryl methyl sites for hydroxylation is 2. The van der Waals surface area contributed by atoms with Crippen molar-refractivity contribution in [3.8, 4) is 5.75 Å². The highest BCUT2D eigenvalue weighted by molar-refractivity contribution is 5.33. The number of nitrogens with one attached hydrogen (secondary N) is 1. The predicted molar refractivity (Wildman–Crippen MR) is 79.8 cm³/mol. The van der Waals surface area contributed by atoms with Crippen LogP contribution in [0.5, 0.6) is 5.75 Å². The van der Waals surface area contributed by atoms with Crippen LogP contribution in [-0.2, 0) is 0 Å². The summed E-state index contributed by atoms with van der Waals surface area (Å²) in [6.45, 7) is 10.1. The van der Waals surface area contributed by atoms with E-state index in [1.165, 1.54) is 11.1 Å². The van der Waals surface area contributed by atoms with Crippen LogP contribution in [0.3, 0.4) is 0 Å². The number of hydrogen-bond acceptors (Lipinski definition) is 3. The molecule has 108 valence electrons. The smallest absolute Gasteiger partial charge is 0.119 e. The number of hydrogen-bond donors (Lipinski definition) is 2. The van der Waals surface area contributed by atoms with Crippen molar-refractivity contribution < 1.29 is 9.84 Å². The summed E-state index contributed by atoms with van der Waals surface area (Å²) in [4.78, 5) is 0. The van der Waals surface area contributed by atoms with E-state index in [2.05, 4.69) is 38.2 Å². The molecule has 0 aliphatic rings. The highest BCUT2D eigenvalue weighted by Crippen LogP contribution is 2.16. The fourth-order valence-electron chi connectivity index (χ4n) is 2.03. The summed E-state index contributed by atoms with van der Waals surface area (Å²) in [5.74, 6) is 0.908. The fraction of sp³-hybridized carbons (Fsp3) is 0.625. The van der Waals surface area contributed by atoms with E-state index in [9.17, 15) is 5.11 Å². The molecule has 0 aliphatic carbocycles. The second kappa shape index (κ2) is 7.51. The fourth-order valence-corrected chi connectivity index (χ4v) is 2.03. The van der Waals surface area contributed by atoms with Gasteiger partial charge in [0.1, 0.15) is 12.4 Å². The highest BCUT2D eigenvalue weighted by Gasteiger charge is 2.17. The number of ether oxygens (including phenoxy) is 1. The van der Waals surface area contributed by atoms with Crippen molar-refractivity contribution in [3.05, 3.63) is 29.3 Å². The normalized spacial score (nSPS) is 14.2. The van der Waals surface area contributed by atoms with Gasteiger partial charge in [-0.05, 0) is 50.5 Å². The van der Waals surface area contributed by atoms with Gasteiger partial charge in [-0.2, -0.15) is 0 Å². The van der Waals surface area contributed by atoms with Crippen LogP contribution in [0.4, 0.5) is 0 Å². The van der Waals surface area contributed by atoms with Crippen molar-refractivity contribution >= 4 is 0 Å². The van der Waals surface area contributed by atoms with Gasteiger partial charge in [-0.1, -0.05) is 19.4 Å². The Labute approximate surface area is 117 Å². The second-order valence-corrected chi connectivity index (χ2v) is 5.52. The Bertz CT molecular complexity index is 388. The number of aliphatic hydroxyl groups is 1. The van der Waals surface area contributed by atoms with Crippen LogP contribution in [0.15, 0.2) is 18.2 Å². The summed E-state index contributed by atoms with van der Waals surface area (Å²) in [5, 5.41) is 13.2. The van der Waals surface area contributed by atoms with Crippen molar-refractivity contribution in [1.29, 1.82) is 0 Å². The topological polar surface area (TPSA) is 41.5 Å². The van der Waals surface area contributed by atoms with E-state index in [1.54, 1.807) is 0 Å². The third-order valence-electron chi connectivity index (χ3n) is 3.32. The first-order valence-corrected chi connectivity index (χ1v) is 7.08. The van der Waals surface area contributed by atoms with Gasteiger partial charge in [0.25, 0.3) is 0 Å². The molecule has 1 rings (SSSR count). The van der Waals surface area contributed by atoms with E-state index in [0.29, 0.717) is 13.2 Å². The van der Waals surface area contributed by atoms with E-state index in [4.69, 9.17) is 4.74 Å². The Hall–Kier alpha value is -1.06. The number of benzene rings is 1. The molecule has 0 bridgehead atoms. The first-order valence-electron chi connectivity index (χ1n) is 7.08. The lowest BCUT2D eigenvalue weighted by Crippen LogP contribution is -2.39. The molecule has 0 amide bonds. The van der Waals surface area contributed by atoms with Crippen molar-refractivity contribution in [2.45, 2.75) is 46.1 Å². The average molecular weight is 265 g/mol. The van der Waals surface area contributed by atoms with Crippen LogP contribution in [0, 0.1) is 13.8 Å². The van der Waals surface area contributed by atoms with Gasteiger partial charge in [0.15, 0.2) is 0 Å². The lowest BCUT2D eigenvalue weighted by atomic mass is 10.0.